The van der Waals surface area contributed by atoms with E-state index in [0.717, 1.165) is 32.1 Å². The van der Waals surface area contributed by atoms with Crippen LogP contribution in [0.4, 0.5) is 11.9 Å². The SMILES string of the molecule is CC(C)Oc1nc(N)nc(NCCCOCC2CC2)n1. The maximum absolute atomic E-state index is 5.62. The van der Waals surface area contributed by atoms with E-state index < -0.39 is 0 Å². The molecule has 0 aliphatic heterocycles. The summed E-state index contributed by atoms with van der Waals surface area (Å²) in [7, 11) is 0. The van der Waals surface area contributed by atoms with E-state index in [1.807, 2.05) is 13.8 Å². The third-order valence-electron chi connectivity index (χ3n) is 2.77. The second kappa shape index (κ2) is 7.23. The molecule has 0 spiro atoms. The first-order valence-electron chi connectivity index (χ1n) is 7.13. The van der Waals surface area contributed by atoms with Crippen LogP contribution in [0.2, 0.25) is 0 Å². The Kier molecular flexibility index (Phi) is 5.34. The number of anilines is 2. The van der Waals surface area contributed by atoms with Crippen molar-refractivity contribution in [1.82, 2.24) is 15.0 Å². The molecule has 0 bridgehead atoms. The fourth-order valence-corrected chi connectivity index (χ4v) is 1.62. The van der Waals surface area contributed by atoms with Gasteiger partial charge in [0.05, 0.1) is 6.10 Å². The number of aromatic nitrogens is 3. The van der Waals surface area contributed by atoms with Gasteiger partial charge in [0.25, 0.3) is 0 Å². The summed E-state index contributed by atoms with van der Waals surface area (Å²) in [5, 5.41) is 3.10. The van der Waals surface area contributed by atoms with Gasteiger partial charge in [0.1, 0.15) is 0 Å². The molecular formula is C13H23N5O2. The highest BCUT2D eigenvalue weighted by Crippen LogP contribution is 2.28. The Hall–Kier alpha value is -1.63. The molecule has 0 amide bonds. The monoisotopic (exact) mass is 281 g/mol. The van der Waals surface area contributed by atoms with Gasteiger partial charge in [-0.3, -0.25) is 0 Å². The summed E-state index contributed by atoms with van der Waals surface area (Å²) in [5.74, 6) is 1.40. The average molecular weight is 281 g/mol. The fourth-order valence-electron chi connectivity index (χ4n) is 1.62. The number of nitrogens with zero attached hydrogens (tertiary/aromatic N) is 3. The fraction of sp³-hybridized carbons (Fsp3) is 0.769. The highest BCUT2D eigenvalue weighted by atomic mass is 16.5. The molecule has 7 nitrogen and oxygen atoms in total. The zero-order chi connectivity index (χ0) is 14.4. The molecule has 1 aromatic rings. The van der Waals surface area contributed by atoms with Crippen molar-refractivity contribution in [2.45, 2.75) is 39.2 Å². The molecule has 1 fully saturated rings. The van der Waals surface area contributed by atoms with Crippen LogP contribution in [0.15, 0.2) is 0 Å². The molecule has 3 N–H and O–H groups in total. The largest absolute Gasteiger partial charge is 0.461 e. The van der Waals surface area contributed by atoms with E-state index in [9.17, 15) is 0 Å². The Labute approximate surface area is 119 Å². The maximum atomic E-state index is 5.62. The highest BCUT2D eigenvalue weighted by molar-refractivity contribution is 5.32. The van der Waals surface area contributed by atoms with E-state index >= 15 is 0 Å². The van der Waals surface area contributed by atoms with E-state index in [2.05, 4.69) is 20.3 Å². The van der Waals surface area contributed by atoms with Gasteiger partial charge < -0.3 is 20.5 Å². The van der Waals surface area contributed by atoms with E-state index in [1.54, 1.807) is 0 Å². The van der Waals surface area contributed by atoms with Crippen molar-refractivity contribution in [3.63, 3.8) is 0 Å². The van der Waals surface area contributed by atoms with Crippen molar-refractivity contribution < 1.29 is 9.47 Å². The minimum atomic E-state index is 0.000439. The molecule has 1 aromatic heterocycles. The summed E-state index contributed by atoms with van der Waals surface area (Å²) < 4.78 is 11.0. The zero-order valence-corrected chi connectivity index (χ0v) is 12.1. The summed E-state index contributed by atoms with van der Waals surface area (Å²) in [6.45, 7) is 6.19. The van der Waals surface area contributed by atoms with Crippen molar-refractivity contribution in [3.8, 4) is 6.01 Å². The van der Waals surface area contributed by atoms with Gasteiger partial charge in [0.15, 0.2) is 0 Å². The van der Waals surface area contributed by atoms with Crippen LogP contribution in [0.5, 0.6) is 6.01 Å². The van der Waals surface area contributed by atoms with Crippen molar-refractivity contribution in [3.05, 3.63) is 0 Å². The van der Waals surface area contributed by atoms with Gasteiger partial charge in [0, 0.05) is 19.8 Å². The molecule has 0 saturated heterocycles. The second-order valence-electron chi connectivity index (χ2n) is 5.27. The number of nitrogens with one attached hydrogen (secondary N) is 1. The van der Waals surface area contributed by atoms with Gasteiger partial charge in [0.2, 0.25) is 11.9 Å². The molecule has 0 unspecified atom stereocenters. The molecule has 0 atom stereocenters. The van der Waals surface area contributed by atoms with Gasteiger partial charge in [-0.15, -0.1) is 0 Å². The lowest BCUT2D eigenvalue weighted by atomic mass is 10.4. The second-order valence-corrected chi connectivity index (χ2v) is 5.27. The predicted octanol–water partition coefficient (Wildman–Crippen LogP) is 1.47. The first-order valence-corrected chi connectivity index (χ1v) is 7.13. The summed E-state index contributed by atoms with van der Waals surface area (Å²) in [6, 6.07) is 0.250. The van der Waals surface area contributed by atoms with Gasteiger partial charge in [-0.25, -0.2) is 0 Å². The lowest BCUT2D eigenvalue weighted by Gasteiger charge is -2.10. The number of nitrogen functional groups attached to an aromatic ring is 1. The summed E-state index contributed by atoms with van der Waals surface area (Å²) in [4.78, 5) is 12.1. The molecule has 0 aromatic carbocycles. The van der Waals surface area contributed by atoms with Gasteiger partial charge in [-0.05, 0) is 39.0 Å². The van der Waals surface area contributed by atoms with Crippen molar-refractivity contribution in [1.29, 1.82) is 0 Å². The zero-order valence-electron chi connectivity index (χ0n) is 12.1. The Balaban J connectivity index is 1.69. The number of rotatable bonds is 9. The topological polar surface area (TPSA) is 95.2 Å². The van der Waals surface area contributed by atoms with Crippen molar-refractivity contribution in [2.75, 3.05) is 30.8 Å². The van der Waals surface area contributed by atoms with Crippen LogP contribution in [0.3, 0.4) is 0 Å². The highest BCUT2D eigenvalue weighted by Gasteiger charge is 2.20. The number of nitrogens with two attached hydrogens (primary N) is 1. The number of hydrogen-bond acceptors (Lipinski definition) is 7. The van der Waals surface area contributed by atoms with E-state index in [-0.39, 0.29) is 18.1 Å². The molecule has 2 rings (SSSR count). The van der Waals surface area contributed by atoms with Crippen LogP contribution >= 0.6 is 0 Å². The van der Waals surface area contributed by atoms with Crippen LogP contribution < -0.4 is 15.8 Å². The lowest BCUT2D eigenvalue weighted by Crippen LogP contribution is -2.14. The average Bonchev–Trinajstić information content (AvgIpc) is 3.16. The molecule has 7 heteroatoms. The Morgan fingerprint density at radius 1 is 1.30 bits per heavy atom. The van der Waals surface area contributed by atoms with E-state index in [0.29, 0.717) is 5.95 Å². The lowest BCUT2D eigenvalue weighted by molar-refractivity contribution is 0.124. The molecule has 1 saturated carbocycles. The van der Waals surface area contributed by atoms with E-state index in [4.69, 9.17) is 15.2 Å². The molecule has 1 aliphatic rings. The third-order valence-corrected chi connectivity index (χ3v) is 2.77. The minimum absolute atomic E-state index is 0.000439. The minimum Gasteiger partial charge on any atom is -0.461 e. The van der Waals surface area contributed by atoms with Crippen LogP contribution in [0.1, 0.15) is 33.1 Å². The molecule has 0 radical (unpaired) electrons. The Morgan fingerprint density at radius 2 is 2.10 bits per heavy atom. The van der Waals surface area contributed by atoms with Gasteiger partial charge in [-0.2, -0.15) is 15.0 Å². The number of hydrogen-bond donors (Lipinski definition) is 2. The summed E-state index contributed by atoms with van der Waals surface area (Å²) in [5.41, 5.74) is 5.62. The summed E-state index contributed by atoms with van der Waals surface area (Å²) >= 11 is 0. The number of ether oxygens (including phenoxy) is 2. The molecule has 1 heterocycles. The maximum Gasteiger partial charge on any atom is 0.323 e. The van der Waals surface area contributed by atoms with E-state index in [1.165, 1.54) is 12.8 Å². The smallest absolute Gasteiger partial charge is 0.323 e. The molecule has 112 valence electrons. The van der Waals surface area contributed by atoms with Crippen molar-refractivity contribution >= 4 is 11.9 Å². The van der Waals surface area contributed by atoms with Crippen LogP contribution in [-0.2, 0) is 4.74 Å². The molecular weight excluding hydrogens is 258 g/mol. The predicted molar refractivity (Wildman–Crippen MR) is 76.7 cm³/mol. The van der Waals surface area contributed by atoms with Crippen molar-refractivity contribution in [2.24, 2.45) is 5.92 Å². The Morgan fingerprint density at radius 3 is 2.80 bits per heavy atom. The summed E-state index contributed by atoms with van der Waals surface area (Å²) in [6.07, 6.45) is 3.54. The van der Waals surface area contributed by atoms with Gasteiger partial charge >= 0.3 is 6.01 Å². The first-order chi connectivity index (χ1) is 9.63. The van der Waals surface area contributed by atoms with Gasteiger partial charge in [-0.1, -0.05) is 0 Å². The Bertz CT molecular complexity index is 423. The molecule has 20 heavy (non-hydrogen) atoms. The molecule has 1 aliphatic carbocycles. The van der Waals surface area contributed by atoms with Crippen LogP contribution in [0.25, 0.3) is 0 Å². The third kappa shape index (κ3) is 5.56. The standard InChI is InChI=1S/C13H23N5O2/c1-9(2)20-13-17-11(14)16-12(18-13)15-6-3-7-19-8-10-4-5-10/h9-10H,3-8H2,1-2H3,(H3,14,15,16,17,18). The quantitative estimate of drug-likeness (QED) is 0.662. The van der Waals surface area contributed by atoms with Crippen LogP contribution in [-0.4, -0.2) is 40.8 Å². The normalized spacial score (nSPS) is 14.6. The first kappa shape index (κ1) is 14.8. The van der Waals surface area contributed by atoms with Crippen LogP contribution in [0, 0.1) is 5.92 Å².